The second-order valence-electron chi connectivity index (χ2n) is 3.70. The van der Waals surface area contributed by atoms with Crippen molar-refractivity contribution in [1.29, 1.82) is 0 Å². The van der Waals surface area contributed by atoms with Gasteiger partial charge in [0.2, 0.25) is 11.1 Å². The molecule has 0 atom stereocenters. The molecule has 2 aromatic rings. The number of hydrogen-bond donors (Lipinski definition) is 0. The van der Waals surface area contributed by atoms with Crippen LogP contribution in [-0.2, 0) is 18.4 Å². The van der Waals surface area contributed by atoms with Crippen LogP contribution in [0.3, 0.4) is 0 Å². The lowest BCUT2D eigenvalue weighted by Gasteiger charge is -2.14. The first kappa shape index (κ1) is 12.6. The van der Waals surface area contributed by atoms with Gasteiger partial charge in [0.25, 0.3) is 0 Å². The first-order chi connectivity index (χ1) is 8.66. The maximum atomic E-state index is 11.9. The van der Waals surface area contributed by atoms with Crippen LogP contribution in [0.25, 0.3) is 0 Å². The van der Waals surface area contributed by atoms with Gasteiger partial charge in [0.05, 0.1) is 18.6 Å². The molecule has 0 radical (unpaired) electrons. The van der Waals surface area contributed by atoms with Crippen LogP contribution in [-0.4, -0.2) is 43.8 Å². The van der Waals surface area contributed by atoms with Crippen LogP contribution in [0.1, 0.15) is 5.76 Å². The third-order valence-corrected chi connectivity index (χ3v) is 3.30. The van der Waals surface area contributed by atoms with Crippen LogP contribution in [0.15, 0.2) is 28.0 Å². The Balaban J connectivity index is 1.82. The maximum absolute atomic E-state index is 11.9. The molecule has 2 aromatic heterocycles. The predicted molar refractivity (Wildman–Crippen MR) is 64.7 cm³/mol. The lowest BCUT2D eigenvalue weighted by molar-refractivity contribution is -0.127. The first-order valence-corrected chi connectivity index (χ1v) is 6.27. The summed E-state index contributed by atoms with van der Waals surface area (Å²) in [5.74, 6) is 1.06. The van der Waals surface area contributed by atoms with E-state index in [-0.39, 0.29) is 5.91 Å². The minimum absolute atomic E-state index is 0.000556. The van der Waals surface area contributed by atoms with Crippen molar-refractivity contribution >= 4 is 17.7 Å². The van der Waals surface area contributed by atoms with Gasteiger partial charge in [0, 0.05) is 14.1 Å². The number of carbonyl (C=O) groups is 1. The molecule has 18 heavy (non-hydrogen) atoms. The third kappa shape index (κ3) is 3.10. The molecule has 0 aliphatic carbocycles. The van der Waals surface area contributed by atoms with E-state index in [1.54, 1.807) is 31.3 Å². The summed E-state index contributed by atoms with van der Waals surface area (Å²) >= 11 is 1.31. The summed E-state index contributed by atoms with van der Waals surface area (Å²) in [6.45, 7) is 0.462. The fourth-order valence-corrected chi connectivity index (χ4v) is 2.10. The number of aryl methyl sites for hydroxylation is 1. The Kier molecular flexibility index (Phi) is 3.98. The van der Waals surface area contributed by atoms with Crippen molar-refractivity contribution in [1.82, 2.24) is 25.1 Å². The average Bonchev–Trinajstić information content (AvgIpc) is 2.98. The van der Waals surface area contributed by atoms with Gasteiger partial charge >= 0.3 is 0 Å². The molecule has 1 amide bonds. The van der Waals surface area contributed by atoms with Crippen molar-refractivity contribution in [3.63, 3.8) is 0 Å². The van der Waals surface area contributed by atoms with E-state index in [0.29, 0.717) is 17.5 Å². The quantitative estimate of drug-likeness (QED) is 0.736. The molecule has 0 saturated carbocycles. The lowest BCUT2D eigenvalue weighted by Crippen LogP contribution is -2.27. The minimum atomic E-state index is -0.000556. The molecule has 0 fully saturated rings. The van der Waals surface area contributed by atoms with Crippen molar-refractivity contribution in [2.24, 2.45) is 7.05 Å². The molecule has 0 spiro atoms. The van der Waals surface area contributed by atoms with Gasteiger partial charge in [-0.3, -0.25) is 4.79 Å². The highest BCUT2D eigenvalue weighted by Crippen LogP contribution is 2.13. The maximum Gasteiger partial charge on any atom is 0.233 e. The van der Waals surface area contributed by atoms with E-state index < -0.39 is 0 Å². The molecule has 8 heteroatoms. The summed E-state index contributed by atoms with van der Waals surface area (Å²) in [5.41, 5.74) is 0. The Labute approximate surface area is 108 Å². The summed E-state index contributed by atoms with van der Waals surface area (Å²) in [5, 5.41) is 11.6. The summed E-state index contributed by atoms with van der Waals surface area (Å²) in [6, 6.07) is 3.64. The Bertz CT molecular complexity index is 510. The van der Waals surface area contributed by atoms with Crippen LogP contribution in [0.4, 0.5) is 0 Å². The number of rotatable bonds is 5. The molecule has 7 nitrogen and oxygen atoms in total. The van der Waals surface area contributed by atoms with E-state index in [4.69, 9.17) is 4.42 Å². The number of thioether (sulfide) groups is 1. The second kappa shape index (κ2) is 5.67. The molecule has 0 bridgehead atoms. The minimum Gasteiger partial charge on any atom is -0.467 e. The topological polar surface area (TPSA) is 77.1 Å². The van der Waals surface area contributed by atoms with E-state index >= 15 is 0 Å². The standard InChI is InChI=1S/C10H13N5O2S/c1-14(6-8-4-3-5-17-8)9(16)7-18-10-11-12-13-15(10)2/h3-5H,6-7H2,1-2H3. The highest BCUT2D eigenvalue weighted by atomic mass is 32.2. The van der Waals surface area contributed by atoms with Crippen molar-refractivity contribution < 1.29 is 9.21 Å². The zero-order valence-corrected chi connectivity index (χ0v) is 10.9. The smallest absolute Gasteiger partial charge is 0.233 e. The number of nitrogens with zero attached hydrogens (tertiary/aromatic N) is 5. The summed E-state index contributed by atoms with van der Waals surface area (Å²) in [7, 11) is 3.47. The normalized spacial score (nSPS) is 10.6. The van der Waals surface area contributed by atoms with Crippen LogP contribution >= 0.6 is 11.8 Å². The van der Waals surface area contributed by atoms with Crippen molar-refractivity contribution in [2.45, 2.75) is 11.7 Å². The SMILES string of the molecule is CN(Cc1ccco1)C(=O)CSc1nnnn1C. The van der Waals surface area contributed by atoms with Gasteiger partial charge in [0.1, 0.15) is 5.76 Å². The highest BCUT2D eigenvalue weighted by Gasteiger charge is 2.13. The molecule has 2 rings (SSSR count). The number of carbonyl (C=O) groups excluding carboxylic acids is 1. The predicted octanol–water partition coefficient (Wildman–Crippen LogP) is 0.554. The van der Waals surface area contributed by atoms with E-state index in [9.17, 15) is 4.79 Å². The number of amides is 1. The van der Waals surface area contributed by atoms with Crippen molar-refractivity contribution in [3.8, 4) is 0 Å². The summed E-state index contributed by atoms with van der Waals surface area (Å²) in [4.78, 5) is 13.5. The van der Waals surface area contributed by atoms with E-state index in [1.807, 2.05) is 6.07 Å². The van der Waals surface area contributed by atoms with Gasteiger partial charge in [-0.05, 0) is 22.6 Å². The molecule has 0 N–H and O–H groups in total. The van der Waals surface area contributed by atoms with Crippen molar-refractivity contribution in [3.05, 3.63) is 24.2 Å². The van der Waals surface area contributed by atoms with Crippen molar-refractivity contribution in [2.75, 3.05) is 12.8 Å². The van der Waals surface area contributed by atoms with Gasteiger partial charge in [-0.25, -0.2) is 4.68 Å². The molecular formula is C10H13N5O2S. The summed E-state index contributed by atoms with van der Waals surface area (Å²) < 4.78 is 6.72. The number of tetrazole rings is 1. The molecule has 0 saturated heterocycles. The van der Waals surface area contributed by atoms with Crippen LogP contribution in [0.2, 0.25) is 0 Å². The van der Waals surface area contributed by atoms with Crippen LogP contribution < -0.4 is 0 Å². The Morgan fingerprint density at radius 1 is 1.61 bits per heavy atom. The molecular weight excluding hydrogens is 254 g/mol. The second-order valence-corrected chi connectivity index (χ2v) is 4.65. The highest BCUT2D eigenvalue weighted by molar-refractivity contribution is 7.99. The van der Waals surface area contributed by atoms with Gasteiger partial charge in [-0.15, -0.1) is 5.10 Å². The fraction of sp³-hybridized carbons (Fsp3) is 0.400. The molecule has 0 aromatic carbocycles. The largest absolute Gasteiger partial charge is 0.467 e. The third-order valence-electron chi connectivity index (χ3n) is 2.30. The monoisotopic (exact) mass is 267 g/mol. The molecule has 2 heterocycles. The van der Waals surface area contributed by atoms with E-state index in [1.165, 1.54) is 16.4 Å². The molecule has 96 valence electrons. The van der Waals surface area contributed by atoms with Crippen LogP contribution in [0.5, 0.6) is 0 Å². The molecule has 0 unspecified atom stereocenters. The van der Waals surface area contributed by atoms with Gasteiger partial charge in [-0.1, -0.05) is 11.8 Å². The van der Waals surface area contributed by atoms with Crippen LogP contribution in [0, 0.1) is 0 Å². The van der Waals surface area contributed by atoms with E-state index in [0.717, 1.165) is 5.76 Å². The number of aromatic nitrogens is 4. The van der Waals surface area contributed by atoms with Gasteiger partial charge in [-0.2, -0.15) is 0 Å². The first-order valence-electron chi connectivity index (χ1n) is 5.28. The Morgan fingerprint density at radius 2 is 2.44 bits per heavy atom. The molecule has 0 aliphatic heterocycles. The number of hydrogen-bond acceptors (Lipinski definition) is 6. The average molecular weight is 267 g/mol. The zero-order chi connectivity index (χ0) is 13.0. The molecule has 0 aliphatic rings. The van der Waals surface area contributed by atoms with E-state index in [2.05, 4.69) is 15.5 Å². The fourth-order valence-electron chi connectivity index (χ4n) is 1.30. The van der Waals surface area contributed by atoms with Gasteiger partial charge in [0.15, 0.2) is 0 Å². The Hall–Kier alpha value is -1.83. The zero-order valence-electron chi connectivity index (χ0n) is 10.1. The lowest BCUT2D eigenvalue weighted by atomic mass is 10.4. The Morgan fingerprint density at radius 3 is 3.06 bits per heavy atom. The summed E-state index contributed by atoms with van der Waals surface area (Å²) in [6.07, 6.45) is 1.59. The van der Waals surface area contributed by atoms with Gasteiger partial charge < -0.3 is 9.32 Å². The number of furan rings is 1.